The summed E-state index contributed by atoms with van der Waals surface area (Å²) < 4.78 is 0.710. The number of ketones is 1. The van der Waals surface area contributed by atoms with Gasteiger partial charge in [-0.25, -0.2) is 0 Å². The van der Waals surface area contributed by atoms with Crippen LogP contribution in [0, 0.1) is 0 Å². The first kappa shape index (κ1) is 16.6. The molecule has 0 saturated carbocycles. The second-order valence-electron chi connectivity index (χ2n) is 5.21. The zero-order chi connectivity index (χ0) is 13.3. The molecule has 0 radical (unpaired) electrons. The van der Waals surface area contributed by atoms with Crippen molar-refractivity contribution in [2.45, 2.75) is 40.2 Å². The minimum Gasteiger partial charge on any atom is -0.391 e. The largest absolute Gasteiger partial charge is 0.391 e. The van der Waals surface area contributed by atoms with Gasteiger partial charge in [0.15, 0.2) is 5.78 Å². The van der Waals surface area contributed by atoms with E-state index in [-0.39, 0.29) is 12.4 Å². The lowest BCUT2D eigenvalue weighted by molar-refractivity contribution is -0.920. The van der Waals surface area contributed by atoms with E-state index in [1.54, 1.807) is 6.92 Å². The molecule has 102 valence electrons. The Hall–Kier alpha value is -0.450. The van der Waals surface area contributed by atoms with Crippen LogP contribution in [0.25, 0.3) is 0 Å². The van der Waals surface area contributed by atoms with Crippen molar-refractivity contribution in [1.29, 1.82) is 0 Å². The average molecular weight is 245 g/mol. The van der Waals surface area contributed by atoms with Crippen molar-refractivity contribution in [1.82, 2.24) is 5.32 Å². The molecule has 0 aliphatic heterocycles. The summed E-state index contributed by atoms with van der Waals surface area (Å²) in [5, 5.41) is 12.6. The van der Waals surface area contributed by atoms with E-state index in [1.165, 1.54) is 0 Å². The van der Waals surface area contributed by atoms with Crippen molar-refractivity contribution in [2.75, 3.05) is 39.3 Å². The van der Waals surface area contributed by atoms with Gasteiger partial charge in [-0.05, 0) is 6.42 Å². The molecular weight excluding hydrogens is 216 g/mol. The van der Waals surface area contributed by atoms with E-state index in [0.717, 1.165) is 26.1 Å². The monoisotopic (exact) mass is 245 g/mol. The lowest BCUT2D eigenvalue weighted by Crippen LogP contribution is -2.56. The molecule has 2 N–H and O–H groups in total. The normalized spacial score (nSPS) is 14.9. The highest BCUT2D eigenvalue weighted by Crippen LogP contribution is 2.08. The Bertz CT molecular complexity index is 211. The van der Waals surface area contributed by atoms with Crippen molar-refractivity contribution < 1.29 is 14.4 Å². The quantitative estimate of drug-likeness (QED) is 0.560. The van der Waals surface area contributed by atoms with E-state index >= 15 is 0 Å². The minimum absolute atomic E-state index is 0.148. The first-order valence-electron chi connectivity index (χ1n) is 6.64. The molecular formula is C13H29N2O2+. The number of nitrogens with one attached hydrogen (secondary N) is 1. The smallest absolute Gasteiger partial charge is 0.183 e. The Morgan fingerprint density at radius 3 is 2.35 bits per heavy atom. The fraction of sp³-hybridized carbons (Fsp3) is 0.923. The maximum absolute atomic E-state index is 11.4. The zero-order valence-corrected chi connectivity index (χ0v) is 11.8. The predicted molar refractivity (Wildman–Crippen MR) is 70.9 cm³/mol. The van der Waals surface area contributed by atoms with Gasteiger partial charge in [-0.1, -0.05) is 20.8 Å². The van der Waals surface area contributed by atoms with Crippen molar-refractivity contribution in [2.24, 2.45) is 0 Å². The number of carbonyl (C=O) groups excluding carboxylic acids is 1. The molecule has 0 amide bonds. The molecule has 1 atom stereocenters. The Labute approximate surface area is 106 Å². The second-order valence-corrected chi connectivity index (χ2v) is 5.21. The highest BCUT2D eigenvalue weighted by atomic mass is 16.3. The number of hydrogen-bond donors (Lipinski definition) is 2. The van der Waals surface area contributed by atoms with Crippen LogP contribution >= 0.6 is 0 Å². The number of Topliss-reactive ketones (excluding diaryl/α,β-unsaturated/α-hetero) is 1. The first-order chi connectivity index (χ1) is 7.95. The molecule has 0 fully saturated rings. The minimum atomic E-state index is 0.148. The van der Waals surface area contributed by atoms with E-state index in [4.69, 9.17) is 0 Å². The van der Waals surface area contributed by atoms with Gasteiger partial charge in [-0.2, -0.15) is 0 Å². The Balaban J connectivity index is 4.46. The fourth-order valence-corrected chi connectivity index (χ4v) is 2.32. The maximum atomic E-state index is 11.4. The van der Waals surface area contributed by atoms with Gasteiger partial charge in [-0.3, -0.25) is 4.79 Å². The summed E-state index contributed by atoms with van der Waals surface area (Å²) in [7, 11) is 0. The van der Waals surface area contributed by atoms with Crippen molar-refractivity contribution >= 4 is 5.78 Å². The van der Waals surface area contributed by atoms with Crippen LogP contribution in [0.3, 0.4) is 0 Å². The second kappa shape index (κ2) is 8.61. The number of carbonyl (C=O) groups is 1. The Morgan fingerprint density at radius 1 is 1.29 bits per heavy atom. The van der Waals surface area contributed by atoms with Gasteiger partial charge in [-0.15, -0.1) is 0 Å². The molecule has 0 spiro atoms. The van der Waals surface area contributed by atoms with Crippen LogP contribution in [0.2, 0.25) is 0 Å². The molecule has 0 aromatic carbocycles. The summed E-state index contributed by atoms with van der Waals surface area (Å²) in [4.78, 5) is 11.4. The lowest BCUT2D eigenvalue weighted by Gasteiger charge is -2.37. The van der Waals surface area contributed by atoms with Gasteiger partial charge < -0.3 is 14.9 Å². The van der Waals surface area contributed by atoms with E-state index in [1.807, 2.05) is 0 Å². The van der Waals surface area contributed by atoms with Crippen LogP contribution < -0.4 is 5.32 Å². The van der Waals surface area contributed by atoms with Gasteiger partial charge in [0.2, 0.25) is 0 Å². The molecule has 0 aromatic heterocycles. The molecule has 0 aliphatic rings. The number of aliphatic hydroxyl groups is 1. The van der Waals surface area contributed by atoms with Crippen molar-refractivity contribution in [3.8, 4) is 0 Å². The van der Waals surface area contributed by atoms with Crippen molar-refractivity contribution in [3.63, 3.8) is 0 Å². The van der Waals surface area contributed by atoms with Crippen LogP contribution in [-0.2, 0) is 4.79 Å². The highest BCUT2D eigenvalue weighted by molar-refractivity contribution is 5.76. The predicted octanol–water partition coefficient (Wildman–Crippen LogP) is 0.792. The van der Waals surface area contributed by atoms with E-state index in [0.29, 0.717) is 23.6 Å². The molecule has 4 heteroatoms. The average Bonchev–Trinajstić information content (AvgIpc) is 2.16. The van der Waals surface area contributed by atoms with Crippen LogP contribution in [0.4, 0.5) is 0 Å². The van der Waals surface area contributed by atoms with E-state index in [9.17, 15) is 9.90 Å². The number of nitrogens with zero attached hydrogens (tertiary/aromatic N) is 1. The zero-order valence-electron chi connectivity index (χ0n) is 11.8. The summed E-state index contributed by atoms with van der Waals surface area (Å²) in [6.07, 6.45) is 1.04. The van der Waals surface area contributed by atoms with E-state index in [2.05, 4.69) is 26.1 Å². The first-order valence-corrected chi connectivity index (χ1v) is 6.64. The topological polar surface area (TPSA) is 49.3 Å². The molecule has 0 rings (SSSR count). The van der Waals surface area contributed by atoms with Crippen LogP contribution in [-0.4, -0.2) is 60.7 Å². The summed E-state index contributed by atoms with van der Waals surface area (Å²) in [5.74, 6) is 0.205. The molecule has 0 heterocycles. The number of aliphatic hydroxyl groups excluding tert-OH is 1. The molecule has 17 heavy (non-hydrogen) atoms. The van der Waals surface area contributed by atoms with Crippen LogP contribution in [0.5, 0.6) is 0 Å². The molecule has 0 bridgehead atoms. The summed E-state index contributed by atoms with van der Waals surface area (Å²) >= 11 is 0. The van der Waals surface area contributed by atoms with E-state index < -0.39 is 0 Å². The molecule has 0 aliphatic carbocycles. The SMILES string of the molecule is CCC[N+](CCO)(CCNC(C)C)CC(C)=O. The number of rotatable bonds is 10. The maximum Gasteiger partial charge on any atom is 0.183 e. The Kier molecular flexibility index (Phi) is 8.39. The van der Waals surface area contributed by atoms with Gasteiger partial charge in [0.1, 0.15) is 13.1 Å². The molecule has 4 nitrogen and oxygen atoms in total. The van der Waals surface area contributed by atoms with Crippen LogP contribution in [0.1, 0.15) is 34.1 Å². The highest BCUT2D eigenvalue weighted by Gasteiger charge is 2.27. The number of hydrogen-bond acceptors (Lipinski definition) is 3. The third-order valence-electron chi connectivity index (χ3n) is 2.97. The van der Waals surface area contributed by atoms with Gasteiger partial charge in [0.05, 0.1) is 19.7 Å². The fourth-order valence-electron chi connectivity index (χ4n) is 2.32. The number of quaternary nitrogens is 1. The molecule has 0 aromatic rings. The Morgan fingerprint density at radius 2 is 1.94 bits per heavy atom. The van der Waals surface area contributed by atoms with Crippen LogP contribution in [0.15, 0.2) is 0 Å². The molecule has 1 unspecified atom stereocenters. The summed E-state index contributed by atoms with van der Waals surface area (Å²) in [5.41, 5.74) is 0. The summed E-state index contributed by atoms with van der Waals surface area (Å²) in [6, 6.07) is 0.463. The van der Waals surface area contributed by atoms with Gasteiger partial charge in [0.25, 0.3) is 0 Å². The lowest BCUT2D eigenvalue weighted by atomic mass is 10.2. The molecule has 0 saturated heterocycles. The van der Waals surface area contributed by atoms with Gasteiger partial charge in [0, 0.05) is 19.5 Å². The standard InChI is InChI=1S/C13H29N2O2/c1-5-7-15(9-10-16,11-13(4)17)8-6-14-12(2)3/h12,14,16H,5-11H2,1-4H3/q+1. The third-order valence-corrected chi connectivity index (χ3v) is 2.97. The van der Waals surface area contributed by atoms with Crippen molar-refractivity contribution in [3.05, 3.63) is 0 Å². The summed E-state index contributed by atoms with van der Waals surface area (Å²) in [6.45, 7) is 12.1. The third kappa shape index (κ3) is 7.47. The van der Waals surface area contributed by atoms with Gasteiger partial charge >= 0.3 is 0 Å².